The molecule has 1 saturated heterocycles. The predicted molar refractivity (Wildman–Crippen MR) is 139 cm³/mol. The van der Waals surface area contributed by atoms with E-state index in [0.29, 0.717) is 42.0 Å². The van der Waals surface area contributed by atoms with Crippen molar-refractivity contribution in [2.45, 2.75) is 51.2 Å². The van der Waals surface area contributed by atoms with Gasteiger partial charge < -0.3 is 14.5 Å². The first-order valence-corrected chi connectivity index (χ1v) is 13.5. The lowest BCUT2D eigenvalue weighted by atomic mass is 10.2. The first-order chi connectivity index (χ1) is 15.9. The van der Waals surface area contributed by atoms with Crippen LogP contribution < -0.4 is 4.90 Å². The molecule has 182 valence electrons. The second-order valence-electron chi connectivity index (χ2n) is 9.41. The highest BCUT2D eigenvalue weighted by molar-refractivity contribution is 14.1. The van der Waals surface area contributed by atoms with Gasteiger partial charge in [0.1, 0.15) is 17.7 Å². The van der Waals surface area contributed by atoms with E-state index in [-0.39, 0.29) is 17.0 Å². The Morgan fingerprint density at radius 2 is 1.88 bits per heavy atom. The minimum atomic E-state index is -3.84. The number of hydrogen-bond acceptors (Lipinski definition) is 7. The van der Waals surface area contributed by atoms with Crippen molar-refractivity contribution in [2.24, 2.45) is 0 Å². The summed E-state index contributed by atoms with van der Waals surface area (Å²) in [6.45, 7) is 10.8. The molecule has 0 aliphatic carbocycles. The first-order valence-electron chi connectivity index (χ1n) is 11.0. The maximum absolute atomic E-state index is 13.5. The lowest BCUT2D eigenvalue weighted by molar-refractivity contribution is 0.0158. The third kappa shape index (κ3) is 4.59. The summed E-state index contributed by atoms with van der Waals surface area (Å²) in [6.07, 6.45) is 2.64. The van der Waals surface area contributed by atoms with Crippen LogP contribution in [-0.4, -0.2) is 64.6 Å². The normalized spacial score (nSPS) is 17.3. The number of carbonyl (C=O) groups is 1. The van der Waals surface area contributed by atoms with E-state index in [2.05, 4.69) is 37.5 Å². The molecule has 1 fully saturated rings. The summed E-state index contributed by atoms with van der Waals surface area (Å²) in [5, 5.41) is 0.679. The number of halogens is 1. The van der Waals surface area contributed by atoms with E-state index in [1.54, 1.807) is 36.2 Å². The van der Waals surface area contributed by atoms with Gasteiger partial charge in [0.2, 0.25) is 0 Å². The average Bonchev–Trinajstić information content (AvgIpc) is 3.10. The summed E-state index contributed by atoms with van der Waals surface area (Å²) in [5.41, 5.74) is 0.439. The molecule has 1 amide bonds. The maximum Gasteiger partial charge on any atom is 0.410 e. The van der Waals surface area contributed by atoms with Crippen molar-refractivity contribution >= 4 is 55.6 Å². The Balaban J connectivity index is 1.68. The fourth-order valence-electron chi connectivity index (χ4n) is 4.09. The topological polar surface area (TPSA) is 97.6 Å². The molecular weight excluding hydrogens is 569 g/mol. The molecule has 4 rings (SSSR count). The number of nitrogens with zero attached hydrogens (tertiary/aromatic N) is 5. The van der Waals surface area contributed by atoms with Crippen LogP contribution in [0.3, 0.4) is 0 Å². The van der Waals surface area contributed by atoms with Crippen LogP contribution >= 0.6 is 22.6 Å². The Morgan fingerprint density at radius 3 is 2.53 bits per heavy atom. The highest BCUT2D eigenvalue weighted by Crippen LogP contribution is 2.33. The molecule has 11 heteroatoms. The molecule has 0 spiro atoms. The molecule has 0 unspecified atom stereocenters. The quantitative estimate of drug-likeness (QED) is 0.421. The van der Waals surface area contributed by atoms with Crippen LogP contribution in [0.4, 0.5) is 10.6 Å². The van der Waals surface area contributed by atoms with E-state index in [4.69, 9.17) is 4.74 Å². The number of rotatable bonds is 3. The Kier molecular flexibility index (Phi) is 6.53. The number of carbonyl (C=O) groups excluding carboxylic acids is 1. The standard InChI is InChI=1S/C23H28IN5O4S/c1-15-8-6-7-9-18(15)34(31,32)29-13-17(24)19-20(25-14-26-21(19)29)27-10-11-28(16(2)12-27)22(30)33-23(3,4)5/h6-9,13-14,16H,10-12H2,1-5H3/t16-/m1/s1. The third-order valence-corrected chi connectivity index (χ3v) is 8.30. The number of aromatic nitrogens is 3. The summed E-state index contributed by atoms with van der Waals surface area (Å²) in [4.78, 5) is 25.5. The Morgan fingerprint density at radius 1 is 1.18 bits per heavy atom. The van der Waals surface area contributed by atoms with Crippen molar-refractivity contribution in [1.29, 1.82) is 0 Å². The van der Waals surface area contributed by atoms with E-state index in [1.165, 1.54) is 10.3 Å². The minimum Gasteiger partial charge on any atom is -0.444 e. The molecule has 3 heterocycles. The smallest absolute Gasteiger partial charge is 0.410 e. The minimum absolute atomic E-state index is 0.107. The lowest BCUT2D eigenvalue weighted by Gasteiger charge is -2.40. The summed E-state index contributed by atoms with van der Waals surface area (Å²) < 4.78 is 34.5. The van der Waals surface area contributed by atoms with E-state index in [0.717, 1.165) is 3.57 Å². The number of anilines is 1. The summed E-state index contributed by atoms with van der Waals surface area (Å²) >= 11 is 2.13. The molecule has 1 aliphatic heterocycles. The number of ether oxygens (including phenoxy) is 1. The molecule has 0 bridgehead atoms. The zero-order valence-electron chi connectivity index (χ0n) is 19.8. The Labute approximate surface area is 213 Å². The van der Waals surface area contributed by atoms with Crippen molar-refractivity contribution in [1.82, 2.24) is 18.8 Å². The molecule has 1 atom stereocenters. The van der Waals surface area contributed by atoms with Gasteiger partial charge in [0.25, 0.3) is 10.0 Å². The van der Waals surface area contributed by atoms with Crippen LogP contribution in [0.2, 0.25) is 0 Å². The van der Waals surface area contributed by atoms with E-state index >= 15 is 0 Å². The van der Waals surface area contributed by atoms with E-state index in [9.17, 15) is 13.2 Å². The third-order valence-electron chi connectivity index (χ3n) is 5.67. The van der Waals surface area contributed by atoms with Gasteiger partial charge in [-0.3, -0.25) is 0 Å². The van der Waals surface area contributed by atoms with Crippen LogP contribution in [-0.2, 0) is 14.8 Å². The van der Waals surface area contributed by atoms with Crippen molar-refractivity contribution in [2.75, 3.05) is 24.5 Å². The monoisotopic (exact) mass is 597 g/mol. The predicted octanol–water partition coefficient (Wildman–Crippen LogP) is 4.03. The van der Waals surface area contributed by atoms with Crippen LogP contribution in [0.1, 0.15) is 33.3 Å². The Hall–Kier alpha value is -2.41. The van der Waals surface area contributed by atoms with Gasteiger partial charge >= 0.3 is 6.09 Å². The summed E-state index contributed by atoms with van der Waals surface area (Å²) in [7, 11) is -3.84. The van der Waals surface area contributed by atoms with Crippen molar-refractivity contribution in [3.05, 3.63) is 45.9 Å². The number of piperazine rings is 1. The highest BCUT2D eigenvalue weighted by Gasteiger charge is 2.33. The van der Waals surface area contributed by atoms with E-state index in [1.807, 2.05) is 33.8 Å². The van der Waals surface area contributed by atoms with Gasteiger partial charge in [-0.1, -0.05) is 18.2 Å². The van der Waals surface area contributed by atoms with Gasteiger partial charge in [-0.05, 0) is 68.8 Å². The van der Waals surface area contributed by atoms with Crippen LogP contribution in [0.5, 0.6) is 0 Å². The zero-order valence-corrected chi connectivity index (χ0v) is 22.8. The van der Waals surface area contributed by atoms with Gasteiger partial charge in [-0.2, -0.15) is 0 Å². The molecule has 1 aliphatic rings. The molecule has 34 heavy (non-hydrogen) atoms. The second-order valence-corrected chi connectivity index (χ2v) is 12.4. The number of fused-ring (bicyclic) bond motifs is 1. The summed E-state index contributed by atoms with van der Waals surface area (Å²) in [5.74, 6) is 0.656. The SMILES string of the molecule is Cc1ccccc1S(=O)(=O)n1cc(I)c2c(N3CCN(C(=O)OC(C)(C)C)[C@H](C)C3)ncnc21. The Bertz CT molecular complexity index is 1350. The van der Waals surface area contributed by atoms with Gasteiger partial charge in [0, 0.05) is 35.4 Å². The van der Waals surface area contributed by atoms with Crippen molar-refractivity contribution < 1.29 is 17.9 Å². The van der Waals surface area contributed by atoms with Crippen LogP contribution in [0, 0.1) is 10.5 Å². The number of aryl methyl sites for hydroxylation is 1. The van der Waals surface area contributed by atoms with Gasteiger partial charge in [-0.15, -0.1) is 0 Å². The van der Waals surface area contributed by atoms with Crippen molar-refractivity contribution in [3.63, 3.8) is 0 Å². The molecular formula is C23H28IN5O4S. The first kappa shape index (κ1) is 24.7. The van der Waals surface area contributed by atoms with Gasteiger partial charge in [-0.25, -0.2) is 27.2 Å². The maximum atomic E-state index is 13.5. The lowest BCUT2D eigenvalue weighted by Crippen LogP contribution is -2.55. The number of hydrogen-bond donors (Lipinski definition) is 0. The summed E-state index contributed by atoms with van der Waals surface area (Å²) in [6, 6.07) is 6.79. The largest absolute Gasteiger partial charge is 0.444 e. The van der Waals surface area contributed by atoms with Gasteiger partial charge in [0.05, 0.1) is 10.3 Å². The molecule has 3 aromatic rings. The molecule has 0 radical (unpaired) electrons. The molecule has 0 N–H and O–H groups in total. The zero-order chi connectivity index (χ0) is 24.8. The molecule has 1 aromatic carbocycles. The molecule has 9 nitrogen and oxygen atoms in total. The highest BCUT2D eigenvalue weighted by atomic mass is 127. The molecule has 2 aromatic heterocycles. The second kappa shape index (κ2) is 8.99. The number of amides is 1. The average molecular weight is 597 g/mol. The fraction of sp³-hybridized carbons (Fsp3) is 0.435. The van der Waals surface area contributed by atoms with E-state index < -0.39 is 15.6 Å². The molecule has 0 saturated carbocycles. The van der Waals surface area contributed by atoms with Crippen molar-refractivity contribution in [3.8, 4) is 0 Å². The fourth-order valence-corrected chi connectivity index (χ4v) is 6.59. The van der Waals surface area contributed by atoms with Gasteiger partial charge in [0.15, 0.2) is 5.65 Å². The van der Waals surface area contributed by atoms with Crippen LogP contribution in [0.25, 0.3) is 11.0 Å². The number of benzene rings is 1. The van der Waals surface area contributed by atoms with Crippen LogP contribution in [0.15, 0.2) is 41.7 Å².